The van der Waals surface area contributed by atoms with E-state index in [0.29, 0.717) is 36.1 Å². The molecule has 1 aromatic heterocycles. The maximum Gasteiger partial charge on any atom is 0.274 e. The molecule has 1 aliphatic heterocycles. The lowest BCUT2D eigenvalue weighted by Gasteiger charge is -2.28. The average Bonchev–Trinajstić information content (AvgIpc) is 3.44. The van der Waals surface area contributed by atoms with Crippen LogP contribution in [0.15, 0.2) is 65.2 Å². The third-order valence-electron chi connectivity index (χ3n) is 7.91. The number of carbonyl (C=O) groups excluding carboxylic acids is 1. The van der Waals surface area contributed by atoms with E-state index in [2.05, 4.69) is 66.5 Å². The number of ether oxygens (including phenoxy) is 2. The summed E-state index contributed by atoms with van der Waals surface area (Å²) in [5.41, 5.74) is 8.67. The number of hydrogen-bond donors (Lipinski definition) is 1. The Kier molecular flexibility index (Phi) is 9.40. The molecular weight excluding hydrogens is 526 g/mol. The molecule has 2 heterocycles. The number of aromatic nitrogens is 1. The van der Waals surface area contributed by atoms with Crippen LogP contribution in [-0.4, -0.2) is 49.3 Å². The van der Waals surface area contributed by atoms with Crippen molar-refractivity contribution in [2.75, 3.05) is 33.4 Å². The molecule has 0 spiro atoms. The highest BCUT2D eigenvalue weighted by Gasteiger charge is 2.28. The number of hydrogen-bond acceptors (Lipinski definition) is 6. The second-order valence-electron chi connectivity index (χ2n) is 11.2. The van der Waals surface area contributed by atoms with Gasteiger partial charge < -0.3 is 19.3 Å². The smallest absolute Gasteiger partial charge is 0.274 e. The highest BCUT2D eigenvalue weighted by molar-refractivity contribution is 6.02. The zero-order valence-corrected chi connectivity index (χ0v) is 25.3. The minimum absolute atomic E-state index is 0.256. The summed E-state index contributed by atoms with van der Waals surface area (Å²) in [6.07, 6.45) is 0.928. The Balaban J connectivity index is 1.61. The number of amides is 1. The van der Waals surface area contributed by atoms with Crippen LogP contribution in [0.3, 0.4) is 0 Å². The van der Waals surface area contributed by atoms with Crippen molar-refractivity contribution >= 4 is 5.91 Å². The van der Waals surface area contributed by atoms with Crippen molar-refractivity contribution in [1.29, 1.82) is 0 Å². The summed E-state index contributed by atoms with van der Waals surface area (Å²) in [5.74, 6) is 1.28. The summed E-state index contributed by atoms with van der Waals surface area (Å²) in [4.78, 5) is 15.7. The van der Waals surface area contributed by atoms with Gasteiger partial charge in [-0.3, -0.25) is 9.69 Å². The first kappa shape index (κ1) is 29.5. The van der Waals surface area contributed by atoms with Crippen LogP contribution in [0.1, 0.15) is 65.0 Å². The number of fused-ring (bicyclic) bond motifs is 1. The molecule has 42 heavy (non-hydrogen) atoms. The monoisotopic (exact) mass is 567 g/mol. The van der Waals surface area contributed by atoms with Gasteiger partial charge in [0.2, 0.25) is 0 Å². The lowest BCUT2D eigenvalue weighted by Crippen LogP contribution is -2.33. The van der Waals surface area contributed by atoms with E-state index in [9.17, 15) is 4.79 Å². The van der Waals surface area contributed by atoms with Gasteiger partial charge in [0.25, 0.3) is 5.91 Å². The van der Waals surface area contributed by atoms with E-state index in [0.717, 1.165) is 54.9 Å². The molecule has 0 saturated carbocycles. The van der Waals surface area contributed by atoms with Crippen LogP contribution < -0.4 is 10.1 Å². The molecule has 1 aliphatic rings. The van der Waals surface area contributed by atoms with Crippen molar-refractivity contribution in [3.63, 3.8) is 0 Å². The summed E-state index contributed by atoms with van der Waals surface area (Å²) in [6, 6.07) is 20.8. The Morgan fingerprint density at radius 3 is 2.64 bits per heavy atom. The number of carbonyl (C=O) groups is 1. The van der Waals surface area contributed by atoms with Crippen LogP contribution in [0.2, 0.25) is 0 Å². The maximum atomic E-state index is 13.3. The van der Waals surface area contributed by atoms with E-state index in [1.165, 1.54) is 16.7 Å². The fourth-order valence-electron chi connectivity index (χ4n) is 5.67. The second kappa shape index (κ2) is 13.4. The predicted octanol–water partition coefficient (Wildman–Crippen LogP) is 6.77. The number of nitrogens with zero attached hydrogens (tertiary/aromatic N) is 2. The van der Waals surface area contributed by atoms with Crippen LogP contribution in [0.5, 0.6) is 5.75 Å². The SMILES string of the molecule is CCNC(=O)c1noc(-c2cc(C(C)C)c(C)cc2OCc2ccccc2)c1-c1ccc2c(c1)CCN(CCOC)C2. The van der Waals surface area contributed by atoms with Gasteiger partial charge in [-0.15, -0.1) is 0 Å². The standard InChI is InChI=1S/C35H41N3O4/c1-6-36-35(39)33-32(27-12-13-28-21-38(16-17-40-5)15-14-26(28)19-27)34(42-37-33)30-20-29(23(2)3)24(4)18-31(30)41-22-25-10-8-7-9-11-25/h7-13,18-20,23H,6,14-17,21-22H2,1-5H3,(H,36,39). The summed E-state index contributed by atoms with van der Waals surface area (Å²) in [7, 11) is 1.74. The topological polar surface area (TPSA) is 76.8 Å². The third-order valence-corrected chi connectivity index (χ3v) is 7.91. The fraction of sp³-hybridized carbons (Fsp3) is 0.371. The first-order valence-corrected chi connectivity index (χ1v) is 14.8. The molecule has 7 nitrogen and oxygen atoms in total. The highest BCUT2D eigenvalue weighted by Crippen LogP contribution is 2.43. The molecule has 4 aromatic rings. The van der Waals surface area contributed by atoms with Crippen molar-refractivity contribution in [3.05, 3.63) is 94.2 Å². The van der Waals surface area contributed by atoms with Crippen LogP contribution in [0.25, 0.3) is 22.5 Å². The van der Waals surface area contributed by atoms with Crippen LogP contribution in [0.4, 0.5) is 0 Å². The predicted molar refractivity (Wildman–Crippen MR) is 166 cm³/mol. The molecule has 1 N–H and O–H groups in total. The summed E-state index contributed by atoms with van der Waals surface area (Å²) >= 11 is 0. The van der Waals surface area contributed by atoms with Gasteiger partial charge in [0.05, 0.1) is 17.7 Å². The second-order valence-corrected chi connectivity index (χ2v) is 11.2. The van der Waals surface area contributed by atoms with E-state index in [1.54, 1.807) is 7.11 Å². The van der Waals surface area contributed by atoms with Crippen LogP contribution in [0, 0.1) is 6.92 Å². The molecule has 0 saturated heterocycles. The number of rotatable bonds is 11. The maximum absolute atomic E-state index is 13.3. The van der Waals surface area contributed by atoms with Gasteiger partial charge in [-0.1, -0.05) is 67.5 Å². The zero-order chi connectivity index (χ0) is 29.6. The van der Waals surface area contributed by atoms with Crippen LogP contribution in [-0.2, 0) is 24.3 Å². The van der Waals surface area contributed by atoms with Gasteiger partial charge in [-0.05, 0) is 71.7 Å². The van der Waals surface area contributed by atoms with E-state index in [-0.39, 0.29) is 11.6 Å². The number of nitrogens with one attached hydrogen (secondary N) is 1. The minimum Gasteiger partial charge on any atom is -0.488 e. The largest absolute Gasteiger partial charge is 0.488 e. The van der Waals surface area contributed by atoms with E-state index in [1.807, 2.05) is 37.3 Å². The lowest BCUT2D eigenvalue weighted by molar-refractivity contribution is 0.0947. The molecule has 3 aromatic carbocycles. The van der Waals surface area contributed by atoms with Crippen molar-refractivity contribution in [3.8, 4) is 28.2 Å². The molecule has 220 valence electrons. The van der Waals surface area contributed by atoms with E-state index in [4.69, 9.17) is 14.0 Å². The van der Waals surface area contributed by atoms with Gasteiger partial charge in [0.1, 0.15) is 12.4 Å². The van der Waals surface area contributed by atoms with Crippen molar-refractivity contribution < 1.29 is 18.8 Å². The minimum atomic E-state index is -0.256. The quantitative estimate of drug-likeness (QED) is 0.215. The van der Waals surface area contributed by atoms with Crippen molar-refractivity contribution in [1.82, 2.24) is 15.4 Å². The van der Waals surface area contributed by atoms with Crippen molar-refractivity contribution in [2.45, 2.75) is 53.2 Å². The van der Waals surface area contributed by atoms with Gasteiger partial charge in [-0.25, -0.2) is 0 Å². The van der Waals surface area contributed by atoms with Crippen molar-refractivity contribution in [2.24, 2.45) is 0 Å². The molecule has 0 aliphatic carbocycles. The normalized spacial score (nSPS) is 13.3. The van der Waals surface area contributed by atoms with Crippen LogP contribution >= 0.6 is 0 Å². The summed E-state index contributed by atoms with van der Waals surface area (Å²) < 4.78 is 17.8. The Morgan fingerprint density at radius 2 is 1.90 bits per heavy atom. The number of benzene rings is 3. The molecule has 0 fully saturated rings. The molecule has 0 atom stereocenters. The molecule has 7 heteroatoms. The lowest BCUT2D eigenvalue weighted by atomic mass is 9.90. The molecule has 0 bridgehead atoms. The Bertz CT molecular complexity index is 1530. The first-order chi connectivity index (χ1) is 20.4. The Morgan fingerprint density at radius 1 is 1.10 bits per heavy atom. The average molecular weight is 568 g/mol. The van der Waals surface area contributed by atoms with Gasteiger partial charge in [-0.2, -0.15) is 0 Å². The van der Waals surface area contributed by atoms with Gasteiger partial charge >= 0.3 is 0 Å². The molecule has 0 unspecified atom stereocenters. The number of methoxy groups -OCH3 is 1. The molecular formula is C35H41N3O4. The summed E-state index contributed by atoms with van der Waals surface area (Å²) in [5, 5.41) is 7.25. The summed E-state index contributed by atoms with van der Waals surface area (Å²) in [6.45, 7) is 12.7. The highest BCUT2D eigenvalue weighted by atomic mass is 16.5. The third kappa shape index (κ3) is 6.42. The zero-order valence-electron chi connectivity index (χ0n) is 25.3. The molecule has 5 rings (SSSR count). The van der Waals surface area contributed by atoms with Gasteiger partial charge in [0, 0.05) is 33.3 Å². The van der Waals surface area contributed by atoms with E-state index >= 15 is 0 Å². The Hall–Kier alpha value is -3.94. The Labute approximate surface area is 248 Å². The molecule has 0 radical (unpaired) electrons. The fourth-order valence-corrected chi connectivity index (χ4v) is 5.67. The number of aryl methyl sites for hydroxylation is 1. The first-order valence-electron chi connectivity index (χ1n) is 14.8. The van der Waals surface area contributed by atoms with E-state index < -0.39 is 0 Å². The van der Waals surface area contributed by atoms with Gasteiger partial charge in [0.15, 0.2) is 11.5 Å². The molecule has 1 amide bonds.